The number of pyridine rings is 1. The molecule has 3 amide bonds. The van der Waals surface area contributed by atoms with Gasteiger partial charge in [-0.25, -0.2) is 4.79 Å². The number of carbonyl (C=O) groups is 3. The zero-order chi connectivity index (χ0) is 31.2. The van der Waals surface area contributed by atoms with Crippen molar-refractivity contribution in [3.8, 4) is 0 Å². The van der Waals surface area contributed by atoms with Crippen molar-refractivity contribution in [2.24, 2.45) is 5.92 Å². The number of carbonyl (C=O) groups excluding carboxylic acids is 3. The fourth-order valence-electron chi connectivity index (χ4n) is 6.33. The molecule has 3 atom stereocenters. The summed E-state index contributed by atoms with van der Waals surface area (Å²) in [6.07, 6.45) is 1.55. The van der Waals surface area contributed by atoms with Gasteiger partial charge < -0.3 is 19.4 Å². The molecule has 0 N–H and O–H groups in total. The van der Waals surface area contributed by atoms with Crippen LogP contribution in [0.5, 0.6) is 0 Å². The molecule has 0 aromatic carbocycles. The fourth-order valence-corrected chi connectivity index (χ4v) is 6.33. The topological polar surface area (TPSA) is 86.3 Å². The van der Waals surface area contributed by atoms with Crippen LogP contribution in [0, 0.1) is 5.92 Å². The highest BCUT2D eigenvalue weighted by Gasteiger charge is 2.44. The molecule has 9 nitrogen and oxygen atoms in total. The number of ether oxygens (including phenoxy) is 1. The SMILES string of the molecule is CCCC(F)(F)c1cc2c(cn1)C(C)(C)CN2C(=O)CN1C[C@@H](C)N(C(=O)OC(C)(C)C)C[C@@H]1CN1C[C@H](C)CC1=O. The Morgan fingerprint density at radius 3 is 2.43 bits per heavy atom. The summed E-state index contributed by atoms with van der Waals surface area (Å²) < 4.78 is 35.3. The number of amides is 3. The van der Waals surface area contributed by atoms with Crippen LogP contribution in [0.3, 0.4) is 0 Å². The van der Waals surface area contributed by atoms with E-state index in [9.17, 15) is 23.2 Å². The van der Waals surface area contributed by atoms with Gasteiger partial charge in [0.1, 0.15) is 11.3 Å². The van der Waals surface area contributed by atoms with Crippen LogP contribution >= 0.6 is 0 Å². The van der Waals surface area contributed by atoms with E-state index in [0.29, 0.717) is 51.3 Å². The molecule has 0 radical (unpaired) electrons. The van der Waals surface area contributed by atoms with E-state index in [0.717, 1.165) is 5.56 Å². The maximum absolute atomic E-state index is 14.8. The molecule has 4 rings (SSSR count). The van der Waals surface area contributed by atoms with Crippen LogP contribution in [0.2, 0.25) is 0 Å². The number of hydrogen-bond acceptors (Lipinski definition) is 6. The Labute approximate surface area is 248 Å². The zero-order valence-corrected chi connectivity index (χ0v) is 26.4. The number of hydrogen-bond donors (Lipinski definition) is 0. The smallest absolute Gasteiger partial charge is 0.410 e. The number of rotatable bonds is 7. The first-order chi connectivity index (χ1) is 19.4. The molecule has 11 heteroatoms. The van der Waals surface area contributed by atoms with Crippen molar-refractivity contribution in [1.82, 2.24) is 19.7 Å². The van der Waals surface area contributed by atoms with Gasteiger partial charge in [0, 0.05) is 74.8 Å². The van der Waals surface area contributed by atoms with Crippen molar-refractivity contribution >= 4 is 23.6 Å². The van der Waals surface area contributed by atoms with E-state index in [2.05, 4.69) is 4.98 Å². The van der Waals surface area contributed by atoms with Gasteiger partial charge in [0.2, 0.25) is 11.8 Å². The lowest BCUT2D eigenvalue weighted by molar-refractivity contribution is -0.129. The summed E-state index contributed by atoms with van der Waals surface area (Å²) in [7, 11) is 0. The van der Waals surface area contributed by atoms with Gasteiger partial charge in [-0.1, -0.05) is 34.1 Å². The Balaban J connectivity index is 1.59. The minimum absolute atomic E-state index is 0.0350. The number of likely N-dealkylation sites (tertiary alicyclic amines) is 1. The second-order valence-corrected chi connectivity index (χ2v) is 14.1. The van der Waals surface area contributed by atoms with Crippen LogP contribution in [0.1, 0.15) is 85.9 Å². The second-order valence-electron chi connectivity index (χ2n) is 14.1. The molecule has 1 aromatic heterocycles. The van der Waals surface area contributed by atoms with E-state index in [1.807, 2.05) is 58.3 Å². The van der Waals surface area contributed by atoms with E-state index in [1.54, 1.807) is 16.7 Å². The monoisotopic (exact) mass is 591 g/mol. The molecule has 1 aromatic rings. The van der Waals surface area contributed by atoms with Gasteiger partial charge in [0.05, 0.1) is 12.2 Å². The summed E-state index contributed by atoms with van der Waals surface area (Å²) in [6, 6.07) is 0.856. The molecule has 0 aliphatic carbocycles. The number of halogens is 2. The van der Waals surface area contributed by atoms with E-state index in [1.165, 1.54) is 12.3 Å². The highest BCUT2D eigenvalue weighted by atomic mass is 19.3. The third-order valence-corrected chi connectivity index (χ3v) is 8.46. The van der Waals surface area contributed by atoms with Gasteiger partial charge in [-0.2, -0.15) is 8.78 Å². The zero-order valence-electron chi connectivity index (χ0n) is 26.4. The lowest BCUT2D eigenvalue weighted by Gasteiger charge is -2.46. The molecule has 4 heterocycles. The number of alkyl halides is 2. The predicted octanol–water partition coefficient (Wildman–Crippen LogP) is 4.78. The molecule has 3 aliphatic heterocycles. The summed E-state index contributed by atoms with van der Waals surface area (Å²) in [5.41, 5.74) is -0.180. The molecule has 234 valence electrons. The van der Waals surface area contributed by atoms with Crippen molar-refractivity contribution in [1.29, 1.82) is 0 Å². The largest absolute Gasteiger partial charge is 0.444 e. The molecule has 0 spiro atoms. The Hall–Kier alpha value is -2.82. The lowest BCUT2D eigenvalue weighted by atomic mass is 9.88. The summed E-state index contributed by atoms with van der Waals surface area (Å²) >= 11 is 0. The predicted molar refractivity (Wildman–Crippen MR) is 157 cm³/mol. The first kappa shape index (κ1) is 32.1. The van der Waals surface area contributed by atoms with Gasteiger partial charge in [-0.05, 0) is 39.7 Å². The number of aromatic nitrogens is 1. The van der Waals surface area contributed by atoms with Crippen LogP contribution in [-0.2, 0) is 25.7 Å². The van der Waals surface area contributed by atoms with Gasteiger partial charge >= 0.3 is 6.09 Å². The maximum Gasteiger partial charge on any atom is 0.410 e. The average molecular weight is 592 g/mol. The van der Waals surface area contributed by atoms with Gasteiger partial charge in [0.15, 0.2) is 0 Å². The number of fused-ring (bicyclic) bond motifs is 1. The maximum atomic E-state index is 14.8. The third-order valence-electron chi connectivity index (χ3n) is 8.46. The molecular weight excluding hydrogens is 544 g/mol. The van der Waals surface area contributed by atoms with Gasteiger partial charge in [-0.15, -0.1) is 0 Å². The Morgan fingerprint density at radius 2 is 1.83 bits per heavy atom. The van der Waals surface area contributed by atoms with E-state index in [-0.39, 0.29) is 48.5 Å². The van der Waals surface area contributed by atoms with Crippen molar-refractivity contribution in [3.05, 3.63) is 23.5 Å². The first-order valence-electron chi connectivity index (χ1n) is 15.1. The molecule has 0 saturated carbocycles. The Bertz CT molecular complexity index is 1200. The standard InChI is InChI=1S/C31H47F2N5O4/c1-9-10-31(32,33)25-12-24-23(13-34-25)30(7,8)19-38(24)27(40)18-35-15-21(3)37(28(41)42-29(4,5)6)17-22(35)16-36-14-20(2)11-26(36)39/h12-13,20-22H,9-11,14-19H2,1-8H3/t20-,21-,22+/m1/s1. The van der Waals surface area contributed by atoms with Crippen LogP contribution < -0.4 is 4.90 Å². The molecule has 2 saturated heterocycles. The van der Waals surface area contributed by atoms with Crippen molar-refractivity contribution in [3.63, 3.8) is 0 Å². The Morgan fingerprint density at radius 1 is 1.14 bits per heavy atom. The van der Waals surface area contributed by atoms with Crippen LogP contribution in [0.25, 0.3) is 0 Å². The number of anilines is 1. The molecule has 2 fully saturated rings. The fraction of sp³-hybridized carbons (Fsp3) is 0.742. The average Bonchev–Trinajstić information content (AvgIpc) is 3.32. The molecule has 0 unspecified atom stereocenters. The van der Waals surface area contributed by atoms with E-state index < -0.39 is 23.0 Å². The minimum atomic E-state index is -3.08. The third kappa shape index (κ3) is 6.87. The van der Waals surface area contributed by atoms with Crippen molar-refractivity contribution < 1.29 is 27.9 Å². The van der Waals surface area contributed by atoms with Crippen LogP contribution in [0.4, 0.5) is 19.3 Å². The molecular formula is C31H47F2N5O4. The lowest BCUT2D eigenvalue weighted by Crippen LogP contribution is -2.63. The van der Waals surface area contributed by atoms with Crippen molar-refractivity contribution in [2.75, 3.05) is 44.2 Å². The highest BCUT2D eigenvalue weighted by molar-refractivity contribution is 5.97. The summed E-state index contributed by atoms with van der Waals surface area (Å²) in [4.78, 5) is 51.0. The number of nitrogens with zero attached hydrogens (tertiary/aromatic N) is 5. The van der Waals surface area contributed by atoms with E-state index >= 15 is 0 Å². The molecule has 42 heavy (non-hydrogen) atoms. The van der Waals surface area contributed by atoms with Crippen LogP contribution in [-0.4, -0.2) is 94.5 Å². The summed E-state index contributed by atoms with van der Waals surface area (Å²) in [5.74, 6) is -2.97. The quantitative estimate of drug-likeness (QED) is 0.454. The van der Waals surface area contributed by atoms with E-state index in [4.69, 9.17) is 4.74 Å². The van der Waals surface area contributed by atoms with Gasteiger partial charge in [-0.3, -0.25) is 19.5 Å². The van der Waals surface area contributed by atoms with Crippen molar-refractivity contribution in [2.45, 2.75) is 104 Å². The first-order valence-corrected chi connectivity index (χ1v) is 15.1. The molecule has 0 bridgehead atoms. The Kier molecular flexibility index (Phi) is 8.94. The minimum Gasteiger partial charge on any atom is -0.444 e. The second kappa shape index (κ2) is 11.7. The normalized spacial score (nSPS) is 24.8. The van der Waals surface area contributed by atoms with Crippen LogP contribution in [0.15, 0.2) is 12.3 Å². The highest BCUT2D eigenvalue weighted by Crippen LogP contribution is 2.43. The molecule has 3 aliphatic rings. The number of piperazine rings is 1. The summed E-state index contributed by atoms with van der Waals surface area (Å²) in [5, 5.41) is 0. The summed E-state index contributed by atoms with van der Waals surface area (Å²) in [6.45, 7) is 17.2. The van der Waals surface area contributed by atoms with Gasteiger partial charge in [0.25, 0.3) is 5.92 Å².